The number of carbonyl (C=O) groups is 1. The number of imidazole rings is 1. The minimum atomic E-state index is -0.991. The molecule has 0 unspecified atom stereocenters. The van der Waals surface area contributed by atoms with Crippen LogP contribution in [0.25, 0.3) is 11.2 Å². The molecule has 8 nitrogen and oxygen atoms in total. The highest BCUT2D eigenvalue weighted by atomic mass is 35.5. The maximum atomic E-state index is 12.4. The predicted octanol–water partition coefficient (Wildman–Crippen LogP) is 1.98. The number of hydrogen-bond acceptors (Lipinski definition) is 7. The molecule has 3 rings (SSSR count). The van der Waals surface area contributed by atoms with Crippen LogP contribution in [0.15, 0.2) is 12.7 Å². The molecular weight excluding hydrogens is 336 g/mol. The van der Waals surface area contributed by atoms with E-state index in [0.29, 0.717) is 30.8 Å². The first-order valence-corrected chi connectivity index (χ1v) is 8.14. The van der Waals surface area contributed by atoms with E-state index in [1.165, 1.54) is 13.4 Å². The standard InChI is InChI=1S/C15H19ClN4O4/c1-4-23-15(24-5-2)6-9(10(15)14(21)22-3)20-8-19-11-12(16)17-7-18-13(11)20/h7-10H,4-6H2,1-3H3/t9-,10+/m1/s1. The lowest BCUT2D eigenvalue weighted by Gasteiger charge is -2.52. The third kappa shape index (κ3) is 2.54. The molecular formula is C15H19ClN4O4. The highest BCUT2D eigenvalue weighted by Crippen LogP contribution is 2.51. The molecule has 0 amide bonds. The fraction of sp³-hybridized carbons (Fsp3) is 0.600. The van der Waals surface area contributed by atoms with Crippen molar-refractivity contribution in [2.24, 2.45) is 5.92 Å². The van der Waals surface area contributed by atoms with Gasteiger partial charge >= 0.3 is 5.97 Å². The van der Waals surface area contributed by atoms with Crippen LogP contribution in [-0.2, 0) is 19.0 Å². The summed E-state index contributed by atoms with van der Waals surface area (Å²) in [6, 6.07) is -0.244. The quantitative estimate of drug-likeness (QED) is 0.445. The molecule has 2 aromatic heterocycles. The highest BCUT2D eigenvalue weighted by Gasteiger charge is 2.61. The van der Waals surface area contributed by atoms with Gasteiger partial charge in [-0.05, 0) is 13.8 Å². The van der Waals surface area contributed by atoms with Crippen LogP contribution in [0.2, 0.25) is 5.15 Å². The minimum absolute atomic E-state index is 0.244. The number of methoxy groups -OCH3 is 1. The van der Waals surface area contributed by atoms with E-state index >= 15 is 0 Å². The zero-order valence-corrected chi connectivity index (χ0v) is 14.5. The number of halogens is 1. The number of fused-ring (bicyclic) bond motifs is 1. The van der Waals surface area contributed by atoms with E-state index in [1.807, 2.05) is 13.8 Å². The Balaban J connectivity index is 2.01. The zero-order valence-electron chi connectivity index (χ0n) is 13.7. The summed E-state index contributed by atoms with van der Waals surface area (Å²) in [4.78, 5) is 24.8. The van der Waals surface area contributed by atoms with Crippen LogP contribution in [0, 0.1) is 5.92 Å². The van der Waals surface area contributed by atoms with Gasteiger partial charge in [-0.15, -0.1) is 0 Å². The van der Waals surface area contributed by atoms with Gasteiger partial charge < -0.3 is 18.8 Å². The molecule has 0 radical (unpaired) electrons. The van der Waals surface area contributed by atoms with E-state index in [1.54, 1.807) is 10.9 Å². The molecule has 1 fully saturated rings. The van der Waals surface area contributed by atoms with Gasteiger partial charge in [-0.1, -0.05) is 11.6 Å². The summed E-state index contributed by atoms with van der Waals surface area (Å²) in [7, 11) is 1.35. The van der Waals surface area contributed by atoms with Gasteiger partial charge in [0.05, 0.1) is 19.5 Å². The van der Waals surface area contributed by atoms with Crippen molar-refractivity contribution in [1.29, 1.82) is 0 Å². The van der Waals surface area contributed by atoms with Gasteiger partial charge in [0, 0.05) is 19.6 Å². The van der Waals surface area contributed by atoms with Gasteiger partial charge in [0.1, 0.15) is 17.8 Å². The van der Waals surface area contributed by atoms with Crippen molar-refractivity contribution in [3.05, 3.63) is 17.8 Å². The summed E-state index contributed by atoms with van der Waals surface area (Å²) in [6.45, 7) is 4.59. The Morgan fingerprint density at radius 1 is 1.33 bits per heavy atom. The van der Waals surface area contributed by atoms with Gasteiger partial charge in [0.2, 0.25) is 0 Å². The summed E-state index contributed by atoms with van der Waals surface area (Å²) in [5.41, 5.74) is 1.06. The largest absolute Gasteiger partial charge is 0.469 e. The van der Waals surface area contributed by atoms with Gasteiger partial charge in [-0.25, -0.2) is 15.0 Å². The monoisotopic (exact) mass is 354 g/mol. The van der Waals surface area contributed by atoms with Gasteiger partial charge in [-0.2, -0.15) is 0 Å². The average molecular weight is 355 g/mol. The Morgan fingerprint density at radius 2 is 2.04 bits per heavy atom. The molecule has 1 saturated carbocycles. The van der Waals surface area contributed by atoms with E-state index in [-0.39, 0.29) is 11.2 Å². The minimum Gasteiger partial charge on any atom is -0.469 e. The Labute approximate surface area is 144 Å². The van der Waals surface area contributed by atoms with Crippen molar-refractivity contribution < 1.29 is 19.0 Å². The second-order valence-electron chi connectivity index (χ2n) is 5.44. The van der Waals surface area contributed by atoms with Crippen molar-refractivity contribution in [2.75, 3.05) is 20.3 Å². The van der Waals surface area contributed by atoms with Crippen molar-refractivity contribution in [3.8, 4) is 0 Å². The van der Waals surface area contributed by atoms with Crippen molar-refractivity contribution >= 4 is 28.7 Å². The third-order valence-corrected chi connectivity index (χ3v) is 4.53. The predicted molar refractivity (Wildman–Crippen MR) is 85.5 cm³/mol. The molecule has 2 heterocycles. The molecule has 9 heteroatoms. The molecule has 0 N–H and O–H groups in total. The van der Waals surface area contributed by atoms with E-state index in [0.717, 1.165) is 0 Å². The van der Waals surface area contributed by atoms with Crippen molar-refractivity contribution in [3.63, 3.8) is 0 Å². The lowest BCUT2D eigenvalue weighted by molar-refractivity contribution is -0.319. The van der Waals surface area contributed by atoms with Crippen LogP contribution in [0.5, 0.6) is 0 Å². The van der Waals surface area contributed by atoms with Gasteiger partial charge in [0.25, 0.3) is 0 Å². The number of aromatic nitrogens is 4. The van der Waals surface area contributed by atoms with E-state index in [9.17, 15) is 4.79 Å². The number of ether oxygens (including phenoxy) is 3. The molecule has 130 valence electrons. The molecule has 0 saturated heterocycles. The topological polar surface area (TPSA) is 88.4 Å². The highest BCUT2D eigenvalue weighted by molar-refractivity contribution is 6.33. The zero-order chi connectivity index (χ0) is 17.3. The van der Waals surface area contributed by atoms with Gasteiger partial charge in [-0.3, -0.25) is 4.79 Å². The first kappa shape index (κ1) is 17.1. The molecule has 1 aliphatic carbocycles. The second kappa shape index (κ2) is 6.62. The number of esters is 1. The Bertz CT molecular complexity index is 744. The third-order valence-electron chi connectivity index (χ3n) is 4.26. The SMILES string of the molecule is CCOC1(OCC)C[C@@H](n2cnc3c(Cl)ncnc32)[C@H]1C(=O)OC. The fourth-order valence-electron chi connectivity index (χ4n) is 3.29. The average Bonchev–Trinajstić information content (AvgIpc) is 2.97. The Morgan fingerprint density at radius 3 is 2.67 bits per heavy atom. The van der Waals surface area contributed by atoms with E-state index in [2.05, 4.69) is 15.0 Å². The molecule has 0 spiro atoms. The number of hydrogen-bond donors (Lipinski definition) is 0. The van der Waals surface area contributed by atoms with Crippen LogP contribution in [-0.4, -0.2) is 51.6 Å². The Hall–Kier alpha value is -1.77. The summed E-state index contributed by atoms with van der Waals surface area (Å²) >= 11 is 6.05. The summed E-state index contributed by atoms with van der Waals surface area (Å²) < 4.78 is 18.4. The maximum Gasteiger partial charge on any atom is 0.316 e. The molecule has 0 aromatic carbocycles. The van der Waals surface area contributed by atoms with E-state index < -0.39 is 17.7 Å². The first-order chi connectivity index (χ1) is 11.6. The van der Waals surface area contributed by atoms with Crippen LogP contribution in [0.1, 0.15) is 26.3 Å². The summed E-state index contributed by atoms with van der Waals surface area (Å²) in [6.07, 6.45) is 3.46. The normalized spacial score (nSPS) is 22.3. The first-order valence-electron chi connectivity index (χ1n) is 7.76. The van der Waals surface area contributed by atoms with Gasteiger partial charge in [0.15, 0.2) is 16.6 Å². The molecule has 0 aliphatic heterocycles. The molecule has 24 heavy (non-hydrogen) atoms. The molecule has 2 aromatic rings. The van der Waals surface area contributed by atoms with Crippen LogP contribution in [0.4, 0.5) is 0 Å². The summed E-state index contributed by atoms with van der Waals surface area (Å²) in [5, 5.41) is 0.272. The second-order valence-corrected chi connectivity index (χ2v) is 5.80. The van der Waals surface area contributed by atoms with Crippen LogP contribution < -0.4 is 0 Å². The number of rotatable bonds is 6. The molecule has 2 atom stereocenters. The summed E-state index contributed by atoms with van der Waals surface area (Å²) in [5.74, 6) is -2.00. The van der Waals surface area contributed by atoms with Crippen molar-refractivity contribution in [1.82, 2.24) is 19.5 Å². The van der Waals surface area contributed by atoms with Crippen LogP contribution >= 0.6 is 11.6 Å². The van der Waals surface area contributed by atoms with Crippen LogP contribution in [0.3, 0.4) is 0 Å². The number of nitrogens with zero attached hydrogens (tertiary/aromatic N) is 4. The van der Waals surface area contributed by atoms with Crippen molar-refractivity contribution in [2.45, 2.75) is 32.1 Å². The van der Waals surface area contributed by atoms with E-state index in [4.69, 9.17) is 25.8 Å². The molecule has 1 aliphatic rings. The smallest absolute Gasteiger partial charge is 0.316 e. The maximum absolute atomic E-state index is 12.4. The molecule has 0 bridgehead atoms. The lowest BCUT2D eigenvalue weighted by atomic mass is 9.72. The fourth-order valence-corrected chi connectivity index (χ4v) is 3.46. The lowest BCUT2D eigenvalue weighted by Crippen LogP contribution is -2.61. The Kier molecular flexibility index (Phi) is 4.71. The number of carbonyl (C=O) groups excluding carboxylic acids is 1.